The van der Waals surface area contributed by atoms with Gasteiger partial charge in [-0.1, -0.05) is 36.7 Å². The number of hydrogen-bond acceptors (Lipinski definition) is 2. The summed E-state index contributed by atoms with van der Waals surface area (Å²) in [5.41, 5.74) is 3.83. The number of benzene rings is 1. The maximum atomic E-state index is 6.25. The molecule has 1 aromatic carbocycles. The first-order valence-electron chi connectivity index (χ1n) is 6.78. The molecule has 1 nitrogen and oxygen atoms in total. The smallest absolute Gasteiger partial charge is 0.0961 e. The third kappa shape index (κ3) is 3.56. The minimum atomic E-state index is 0.234. The molecule has 0 radical (unpaired) electrons. The Bertz CT molecular complexity index is 575. The van der Waals surface area contributed by atoms with E-state index < -0.39 is 0 Å². The molecule has 0 aliphatic rings. The molecule has 0 spiro atoms. The number of halogens is 2. The zero-order valence-electron chi connectivity index (χ0n) is 12.0. The molecule has 2 rings (SSSR count). The Morgan fingerprint density at radius 2 is 2.05 bits per heavy atom. The summed E-state index contributed by atoms with van der Waals surface area (Å²) in [7, 11) is 0. The highest BCUT2D eigenvalue weighted by Gasteiger charge is 2.19. The van der Waals surface area contributed by atoms with Crippen LogP contribution in [0.1, 0.15) is 41.0 Å². The molecule has 0 saturated heterocycles. The van der Waals surface area contributed by atoms with Gasteiger partial charge in [0.15, 0.2) is 0 Å². The molecular formula is C16H19ClINS. The van der Waals surface area contributed by atoms with Gasteiger partial charge in [-0.3, -0.25) is 0 Å². The van der Waals surface area contributed by atoms with Gasteiger partial charge in [0.2, 0.25) is 0 Å². The van der Waals surface area contributed by atoms with Gasteiger partial charge in [0, 0.05) is 8.45 Å². The maximum Gasteiger partial charge on any atom is 0.0961 e. The molecule has 1 N–H and O–H groups in total. The molecule has 0 aliphatic carbocycles. The Morgan fingerprint density at radius 3 is 2.65 bits per heavy atom. The summed E-state index contributed by atoms with van der Waals surface area (Å²) >= 11 is 10.4. The molecule has 20 heavy (non-hydrogen) atoms. The number of hydrogen-bond donors (Lipinski definition) is 1. The highest BCUT2D eigenvalue weighted by Crippen LogP contribution is 2.36. The number of rotatable bonds is 5. The number of aryl methyl sites for hydroxylation is 2. The van der Waals surface area contributed by atoms with E-state index in [0.29, 0.717) is 0 Å². The number of thiophene rings is 1. The maximum absolute atomic E-state index is 6.25. The van der Waals surface area contributed by atoms with Gasteiger partial charge in [0.25, 0.3) is 0 Å². The molecule has 108 valence electrons. The first kappa shape index (κ1) is 16.3. The van der Waals surface area contributed by atoms with Gasteiger partial charge < -0.3 is 5.32 Å². The normalized spacial score (nSPS) is 12.7. The van der Waals surface area contributed by atoms with Crippen LogP contribution in [-0.4, -0.2) is 6.54 Å². The van der Waals surface area contributed by atoms with E-state index >= 15 is 0 Å². The first-order valence-corrected chi connectivity index (χ1v) is 9.06. The highest BCUT2D eigenvalue weighted by atomic mass is 127. The van der Waals surface area contributed by atoms with Crippen molar-refractivity contribution >= 4 is 45.5 Å². The van der Waals surface area contributed by atoms with Crippen LogP contribution in [0.25, 0.3) is 0 Å². The van der Waals surface area contributed by atoms with Gasteiger partial charge in [-0.2, -0.15) is 0 Å². The van der Waals surface area contributed by atoms with Crippen LogP contribution in [0.3, 0.4) is 0 Å². The lowest BCUT2D eigenvalue weighted by Gasteiger charge is -2.20. The topological polar surface area (TPSA) is 12.0 Å². The standard InChI is InChI=1S/C16H19ClINS/c1-4-8-19-15(13-9-11(3)16(17)20-13)12-7-5-6-10(2)14(12)18/h5-7,9,15,19H,4,8H2,1-3H3. The van der Waals surface area contributed by atoms with Crippen molar-refractivity contribution < 1.29 is 0 Å². The van der Waals surface area contributed by atoms with E-state index in [1.165, 1.54) is 19.6 Å². The van der Waals surface area contributed by atoms with Crippen molar-refractivity contribution in [2.45, 2.75) is 33.2 Å². The Kier molecular flexibility index (Phi) is 5.90. The number of nitrogens with one attached hydrogen (secondary N) is 1. The zero-order valence-corrected chi connectivity index (χ0v) is 15.7. The van der Waals surface area contributed by atoms with Gasteiger partial charge in [-0.25, -0.2) is 0 Å². The Balaban J connectivity index is 2.44. The summed E-state index contributed by atoms with van der Waals surface area (Å²) in [6, 6.07) is 8.95. The Labute approximate surface area is 143 Å². The second-order valence-electron chi connectivity index (χ2n) is 4.97. The van der Waals surface area contributed by atoms with Crippen molar-refractivity contribution in [2.24, 2.45) is 0 Å². The first-order chi connectivity index (χ1) is 9.54. The molecule has 0 fully saturated rings. The van der Waals surface area contributed by atoms with E-state index in [1.54, 1.807) is 11.3 Å². The minimum Gasteiger partial charge on any atom is -0.306 e. The van der Waals surface area contributed by atoms with Crippen LogP contribution in [0, 0.1) is 17.4 Å². The lowest BCUT2D eigenvalue weighted by molar-refractivity contribution is 0.603. The molecule has 4 heteroatoms. The van der Waals surface area contributed by atoms with Gasteiger partial charge in [-0.05, 0) is 72.2 Å². The van der Waals surface area contributed by atoms with Crippen LogP contribution < -0.4 is 5.32 Å². The third-order valence-electron chi connectivity index (χ3n) is 3.29. The van der Waals surface area contributed by atoms with Crippen LogP contribution in [-0.2, 0) is 0 Å². The van der Waals surface area contributed by atoms with Gasteiger partial charge in [-0.15, -0.1) is 11.3 Å². The molecule has 1 unspecified atom stereocenters. The molecule has 0 saturated carbocycles. The molecule has 1 aromatic heterocycles. The van der Waals surface area contributed by atoms with E-state index in [2.05, 4.69) is 72.9 Å². The van der Waals surface area contributed by atoms with Crippen LogP contribution in [0.4, 0.5) is 0 Å². The Hall–Kier alpha value is -0.100. The van der Waals surface area contributed by atoms with Gasteiger partial charge in [0.1, 0.15) is 0 Å². The second-order valence-corrected chi connectivity index (χ2v) is 7.74. The van der Waals surface area contributed by atoms with Gasteiger partial charge in [0.05, 0.1) is 10.4 Å². The summed E-state index contributed by atoms with van der Waals surface area (Å²) < 4.78 is 2.23. The summed E-state index contributed by atoms with van der Waals surface area (Å²) in [5, 5.41) is 3.66. The van der Waals surface area contributed by atoms with Gasteiger partial charge >= 0.3 is 0 Å². The van der Waals surface area contributed by atoms with Crippen molar-refractivity contribution in [3.8, 4) is 0 Å². The van der Waals surface area contributed by atoms with E-state index in [4.69, 9.17) is 11.6 Å². The lowest BCUT2D eigenvalue weighted by Crippen LogP contribution is -2.23. The molecule has 0 amide bonds. The second kappa shape index (κ2) is 7.25. The predicted molar refractivity (Wildman–Crippen MR) is 98.1 cm³/mol. The van der Waals surface area contributed by atoms with E-state index in [0.717, 1.165) is 22.9 Å². The van der Waals surface area contributed by atoms with Crippen LogP contribution in [0.2, 0.25) is 4.34 Å². The summed E-state index contributed by atoms with van der Waals surface area (Å²) in [5.74, 6) is 0. The summed E-state index contributed by atoms with van der Waals surface area (Å²) in [6.07, 6.45) is 1.12. The molecule has 2 aromatic rings. The zero-order chi connectivity index (χ0) is 14.7. The molecule has 1 heterocycles. The highest BCUT2D eigenvalue weighted by molar-refractivity contribution is 14.1. The van der Waals surface area contributed by atoms with E-state index in [1.807, 2.05) is 0 Å². The molecule has 1 atom stereocenters. The average Bonchev–Trinajstić information content (AvgIpc) is 2.74. The fourth-order valence-corrected chi connectivity index (χ4v) is 4.15. The van der Waals surface area contributed by atoms with E-state index in [9.17, 15) is 0 Å². The summed E-state index contributed by atoms with van der Waals surface area (Å²) in [4.78, 5) is 1.30. The van der Waals surface area contributed by atoms with Crippen LogP contribution in [0.15, 0.2) is 24.3 Å². The lowest BCUT2D eigenvalue weighted by atomic mass is 10.0. The van der Waals surface area contributed by atoms with Crippen LogP contribution >= 0.6 is 45.5 Å². The molecular weight excluding hydrogens is 401 g/mol. The SMILES string of the molecule is CCCNC(c1cc(C)c(Cl)s1)c1cccc(C)c1I. The fourth-order valence-electron chi connectivity index (χ4n) is 2.17. The quantitative estimate of drug-likeness (QED) is 0.612. The van der Waals surface area contributed by atoms with Crippen molar-refractivity contribution in [3.63, 3.8) is 0 Å². The largest absolute Gasteiger partial charge is 0.306 e. The molecule has 0 bridgehead atoms. The summed E-state index contributed by atoms with van der Waals surface area (Å²) in [6.45, 7) is 7.43. The fraction of sp³-hybridized carbons (Fsp3) is 0.375. The predicted octanol–water partition coefficient (Wildman–Crippen LogP) is 5.71. The van der Waals surface area contributed by atoms with Crippen LogP contribution in [0.5, 0.6) is 0 Å². The van der Waals surface area contributed by atoms with Crippen molar-refractivity contribution in [3.05, 3.63) is 53.7 Å². The van der Waals surface area contributed by atoms with E-state index in [-0.39, 0.29) is 6.04 Å². The van der Waals surface area contributed by atoms with Crippen molar-refractivity contribution in [2.75, 3.05) is 6.54 Å². The average molecular weight is 420 g/mol. The Morgan fingerprint density at radius 1 is 1.30 bits per heavy atom. The third-order valence-corrected chi connectivity index (χ3v) is 6.39. The molecule has 0 aliphatic heterocycles. The van der Waals surface area contributed by atoms with Crippen molar-refractivity contribution in [1.82, 2.24) is 5.32 Å². The minimum absolute atomic E-state index is 0.234. The van der Waals surface area contributed by atoms with Crippen molar-refractivity contribution in [1.29, 1.82) is 0 Å². The monoisotopic (exact) mass is 419 g/mol.